The van der Waals surface area contributed by atoms with Gasteiger partial charge in [-0.25, -0.2) is 0 Å². The summed E-state index contributed by atoms with van der Waals surface area (Å²) in [5.74, 6) is 2.75. The van der Waals surface area contributed by atoms with Crippen LogP contribution in [0.1, 0.15) is 33.1 Å². The van der Waals surface area contributed by atoms with Crippen LogP contribution in [0.5, 0.6) is 0 Å². The molecule has 0 saturated heterocycles. The molecule has 0 spiro atoms. The zero-order chi connectivity index (χ0) is 7.35. The van der Waals surface area contributed by atoms with Crippen molar-refractivity contribution in [2.75, 3.05) is 0 Å². The summed E-state index contributed by atoms with van der Waals surface area (Å²) in [6.07, 6.45) is 4.30. The molecule has 3 fully saturated rings. The second-order valence-electron chi connectivity index (χ2n) is 4.70. The Labute approximate surface area is 103 Å². The molecule has 0 aromatic carbocycles. The molecule has 12 heavy (non-hydrogen) atoms. The van der Waals surface area contributed by atoms with E-state index in [0.29, 0.717) is 5.41 Å². The molecule has 0 amide bonds. The monoisotopic (exact) mass is 240 g/mol. The summed E-state index contributed by atoms with van der Waals surface area (Å²) in [4.78, 5) is 0. The van der Waals surface area contributed by atoms with Gasteiger partial charge >= 0.3 is 23.1 Å². The van der Waals surface area contributed by atoms with Gasteiger partial charge in [0, 0.05) is 0 Å². The van der Waals surface area contributed by atoms with Crippen LogP contribution in [0, 0.1) is 30.1 Å². The molecule has 3 atom stereocenters. The van der Waals surface area contributed by atoms with E-state index in [4.69, 9.17) is 0 Å². The Balaban J connectivity index is 0.000000605. The Bertz CT molecular complexity index is 154. The average molecular weight is 241 g/mol. The second kappa shape index (κ2) is 4.18. The first-order chi connectivity index (χ1) is 4.62. The minimum atomic E-state index is 0. The fourth-order valence-corrected chi connectivity index (χ4v) is 2.96. The van der Waals surface area contributed by atoms with E-state index in [1.165, 1.54) is 19.3 Å². The molecular formula is C10H17BrMg. The van der Waals surface area contributed by atoms with Crippen molar-refractivity contribution in [3.05, 3.63) is 6.92 Å². The Morgan fingerprint density at radius 2 is 1.83 bits per heavy atom. The molecule has 3 aliphatic rings. The number of hydrogen-bond donors (Lipinski definition) is 0. The number of hydrogen-bond acceptors (Lipinski definition) is 0. The fourth-order valence-electron chi connectivity index (χ4n) is 2.96. The average Bonchev–Trinajstić information content (AvgIpc) is 1.87. The van der Waals surface area contributed by atoms with E-state index in [2.05, 4.69) is 20.8 Å². The molecule has 2 heteroatoms. The van der Waals surface area contributed by atoms with Crippen molar-refractivity contribution in [3.8, 4) is 0 Å². The molecule has 0 radical (unpaired) electrons. The van der Waals surface area contributed by atoms with Crippen LogP contribution in [0.25, 0.3) is 0 Å². The summed E-state index contributed by atoms with van der Waals surface area (Å²) in [5.41, 5.74) is 0.644. The van der Waals surface area contributed by atoms with Crippen LogP contribution < -0.4 is 17.0 Å². The third kappa shape index (κ3) is 1.71. The van der Waals surface area contributed by atoms with Gasteiger partial charge in [0.2, 0.25) is 0 Å². The van der Waals surface area contributed by atoms with Gasteiger partial charge in [0.25, 0.3) is 0 Å². The Hall–Kier alpha value is 1.25. The third-order valence-corrected chi connectivity index (χ3v) is 4.00. The van der Waals surface area contributed by atoms with Gasteiger partial charge in [-0.2, -0.15) is 5.92 Å². The maximum absolute atomic E-state index is 4.21. The molecular weight excluding hydrogens is 224 g/mol. The number of halogens is 1. The molecule has 66 valence electrons. The minimum Gasteiger partial charge on any atom is -1.00 e. The zero-order valence-electron chi connectivity index (χ0n) is 8.15. The van der Waals surface area contributed by atoms with Crippen molar-refractivity contribution in [1.82, 2.24) is 0 Å². The van der Waals surface area contributed by atoms with E-state index in [0.717, 1.165) is 17.8 Å². The zero-order valence-corrected chi connectivity index (χ0v) is 11.1. The van der Waals surface area contributed by atoms with Crippen LogP contribution in [-0.4, -0.2) is 23.1 Å². The topological polar surface area (TPSA) is 0 Å². The molecule has 2 bridgehead atoms. The maximum atomic E-state index is 4.21. The second-order valence-corrected chi connectivity index (χ2v) is 4.70. The SMILES string of the molecule is [Br-].[CH2-]C1CC[C@H]2C[C@@H]1C2(C)C.[Mg+2]. The first-order valence-corrected chi connectivity index (χ1v) is 4.45. The normalized spacial score (nSPS) is 41.8. The molecule has 3 rings (SSSR count). The standard InChI is InChI=1S/C10H17.BrH.Mg/c1-7-4-5-8-6-9(7)10(8,2)3;;/h7-9H,1,4-6H2,2-3H3;1H;/q-1;;+2/p-1/t7?,8-,9-;;/m0../s1. The quantitative estimate of drug-likeness (QED) is 0.397. The molecule has 3 aliphatic carbocycles. The van der Waals surface area contributed by atoms with Crippen molar-refractivity contribution in [2.24, 2.45) is 23.2 Å². The van der Waals surface area contributed by atoms with Crippen LogP contribution in [0.15, 0.2) is 0 Å². The van der Waals surface area contributed by atoms with Crippen molar-refractivity contribution in [3.63, 3.8) is 0 Å². The van der Waals surface area contributed by atoms with Gasteiger partial charge in [0.1, 0.15) is 0 Å². The van der Waals surface area contributed by atoms with Gasteiger partial charge < -0.3 is 23.9 Å². The Kier molecular flexibility index (Phi) is 4.62. The van der Waals surface area contributed by atoms with E-state index < -0.39 is 0 Å². The van der Waals surface area contributed by atoms with Crippen LogP contribution in [0.3, 0.4) is 0 Å². The van der Waals surface area contributed by atoms with Crippen LogP contribution >= 0.6 is 0 Å². The Morgan fingerprint density at radius 3 is 2.08 bits per heavy atom. The maximum Gasteiger partial charge on any atom is 2.00 e. The van der Waals surface area contributed by atoms with Gasteiger partial charge in [-0.05, 0) is 17.8 Å². The molecule has 0 nitrogen and oxygen atoms in total. The molecule has 0 aliphatic heterocycles. The smallest absolute Gasteiger partial charge is 1.00 e. The molecule has 1 unspecified atom stereocenters. The van der Waals surface area contributed by atoms with Crippen molar-refractivity contribution >= 4 is 23.1 Å². The van der Waals surface area contributed by atoms with Crippen LogP contribution in [0.2, 0.25) is 0 Å². The van der Waals surface area contributed by atoms with E-state index in [9.17, 15) is 0 Å². The molecule has 0 aromatic rings. The van der Waals surface area contributed by atoms with E-state index >= 15 is 0 Å². The first-order valence-electron chi connectivity index (χ1n) is 4.45. The summed E-state index contributed by atoms with van der Waals surface area (Å²) in [6, 6.07) is 0. The van der Waals surface area contributed by atoms with Crippen LogP contribution in [0.4, 0.5) is 0 Å². The van der Waals surface area contributed by atoms with E-state index in [1.807, 2.05) is 0 Å². The van der Waals surface area contributed by atoms with Gasteiger partial charge in [0.15, 0.2) is 0 Å². The predicted octanol–water partition coefficient (Wildman–Crippen LogP) is -0.484. The van der Waals surface area contributed by atoms with E-state index in [1.54, 1.807) is 0 Å². The van der Waals surface area contributed by atoms with Gasteiger partial charge in [0.05, 0.1) is 0 Å². The van der Waals surface area contributed by atoms with Crippen molar-refractivity contribution < 1.29 is 17.0 Å². The van der Waals surface area contributed by atoms with Gasteiger partial charge in [-0.15, -0.1) is 0 Å². The van der Waals surface area contributed by atoms with Gasteiger partial charge in [-0.3, -0.25) is 0 Å². The minimum absolute atomic E-state index is 0. The van der Waals surface area contributed by atoms with Crippen molar-refractivity contribution in [2.45, 2.75) is 33.1 Å². The largest absolute Gasteiger partial charge is 2.00 e. The summed E-state index contributed by atoms with van der Waals surface area (Å²) in [5, 5.41) is 0. The Morgan fingerprint density at radius 1 is 1.25 bits per heavy atom. The number of fused-ring (bicyclic) bond motifs is 2. The fraction of sp³-hybridized carbons (Fsp3) is 0.900. The van der Waals surface area contributed by atoms with Crippen molar-refractivity contribution in [1.29, 1.82) is 0 Å². The summed E-state index contributed by atoms with van der Waals surface area (Å²) in [7, 11) is 0. The predicted molar refractivity (Wildman–Crippen MR) is 49.2 cm³/mol. The summed E-state index contributed by atoms with van der Waals surface area (Å²) < 4.78 is 0. The molecule has 0 aromatic heterocycles. The molecule has 3 saturated carbocycles. The molecule has 0 heterocycles. The first kappa shape index (κ1) is 13.2. The van der Waals surface area contributed by atoms with Gasteiger partial charge in [-0.1, -0.05) is 32.6 Å². The van der Waals surface area contributed by atoms with Crippen LogP contribution in [-0.2, 0) is 0 Å². The summed E-state index contributed by atoms with van der Waals surface area (Å²) >= 11 is 0. The molecule has 0 N–H and O–H groups in total. The van der Waals surface area contributed by atoms with E-state index in [-0.39, 0.29) is 40.0 Å². The summed E-state index contributed by atoms with van der Waals surface area (Å²) in [6.45, 7) is 9.05. The third-order valence-electron chi connectivity index (χ3n) is 4.00. The number of rotatable bonds is 0.